The molecule has 0 fully saturated rings. The van der Waals surface area contributed by atoms with Crippen LogP contribution in [0.4, 0.5) is 10.1 Å². The van der Waals surface area contributed by atoms with Crippen LogP contribution >= 0.6 is 11.6 Å². The number of rotatable bonds is 1. The van der Waals surface area contributed by atoms with Crippen LogP contribution in [0.15, 0.2) is 18.2 Å². The monoisotopic (exact) mass is 187 g/mol. The Labute approximate surface area is 76.3 Å². The molecule has 0 atom stereocenters. The van der Waals surface area contributed by atoms with E-state index in [9.17, 15) is 4.39 Å². The van der Waals surface area contributed by atoms with Crippen LogP contribution in [0.5, 0.6) is 0 Å². The highest BCUT2D eigenvalue weighted by Crippen LogP contribution is 2.29. The van der Waals surface area contributed by atoms with Crippen molar-refractivity contribution in [2.24, 2.45) is 0 Å². The third-order valence-corrected chi connectivity index (χ3v) is 2.03. The molecule has 66 valence electrons. The second-order valence-electron chi connectivity index (χ2n) is 3.21. The van der Waals surface area contributed by atoms with E-state index in [0.717, 1.165) is 0 Å². The highest BCUT2D eigenvalue weighted by Gasteiger charge is 2.18. The lowest BCUT2D eigenvalue weighted by Crippen LogP contribution is -2.09. The summed E-state index contributed by atoms with van der Waals surface area (Å²) < 4.78 is 13.3. The van der Waals surface area contributed by atoms with Crippen molar-refractivity contribution < 1.29 is 4.39 Å². The van der Waals surface area contributed by atoms with Crippen molar-refractivity contribution in [3.05, 3.63) is 28.8 Å². The van der Waals surface area contributed by atoms with Crippen LogP contribution in [0.3, 0.4) is 0 Å². The largest absolute Gasteiger partial charge is 0.398 e. The Morgan fingerprint density at radius 1 is 1.42 bits per heavy atom. The lowest BCUT2D eigenvalue weighted by atomic mass is 10.00. The van der Waals surface area contributed by atoms with E-state index in [1.807, 2.05) is 0 Å². The Balaban J connectivity index is 3.14. The maximum Gasteiger partial charge on any atom is 0.130 e. The first-order valence-corrected chi connectivity index (χ1v) is 4.03. The van der Waals surface area contributed by atoms with E-state index >= 15 is 0 Å². The van der Waals surface area contributed by atoms with Crippen LogP contribution in [-0.2, 0) is 5.67 Å². The molecule has 2 N–H and O–H groups in total. The van der Waals surface area contributed by atoms with Gasteiger partial charge in [0.2, 0.25) is 0 Å². The van der Waals surface area contributed by atoms with Crippen LogP contribution in [0.1, 0.15) is 19.4 Å². The molecule has 1 aromatic rings. The van der Waals surface area contributed by atoms with Crippen LogP contribution in [-0.4, -0.2) is 0 Å². The zero-order chi connectivity index (χ0) is 9.35. The molecule has 0 aromatic heterocycles. The van der Waals surface area contributed by atoms with Gasteiger partial charge in [0, 0.05) is 0 Å². The van der Waals surface area contributed by atoms with Gasteiger partial charge < -0.3 is 5.73 Å². The molecule has 1 nitrogen and oxygen atoms in total. The second kappa shape index (κ2) is 2.94. The number of nitrogens with two attached hydrogens (primary N) is 1. The summed E-state index contributed by atoms with van der Waals surface area (Å²) in [5, 5.41) is 0.461. The first kappa shape index (κ1) is 9.33. The Morgan fingerprint density at radius 2 is 2.00 bits per heavy atom. The third kappa shape index (κ3) is 1.89. The molecule has 0 aliphatic heterocycles. The molecular weight excluding hydrogens is 177 g/mol. The van der Waals surface area contributed by atoms with Crippen molar-refractivity contribution in [3.63, 3.8) is 0 Å². The standard InChI is InChI=1S/C9H11ClFN/c1-9(2,11)6-3-4-7(10)8(12)5-6/h3-5H,12H2,1-2H3. The van der Waals surface area contributed by atoms with Crippen molar-refractivity contribution in [1.29, 1.82) is 0 Å². The molecule has 0 aliphatic carbocycles. The third-order valence-electron chi connectivity index (χ3n) is 1.68. The molecular formula is C9H11ClFN. The molecule has 0 spiro atoms. The molecule has 0 saturated heterocycles. The summed E-state index contributed by atoms with van der Waals surface area (Å²) in [5.74, 6) is 0. The highest BCUT2D eigenvalue weighted by atomic mass is 35.5. The Morgan fingerprint density at radius 3 is 2.42 bits per heavy atom. The van der Waals surface area contributed by atoms with E-state index in [1.54, 1.807) is 18.2 Å². The molecule has 0 heterocycles. The zero-order valence-electron chi connectivity index (χ0n) is 7.07. The molecule has 0 radical (unpaired) electrons. The number of hydrogen-bond acceptors (Lipinski definition) is 1. The Kier molecular flexibility index (Phi) is 2.29. The van der Waals surface area contributed by atoms with Gasteiger partial charge in [-0.25, -0.2) is 4.39 Å². The summed E-state index contributed by atoms with van der Waals surface area (Å²) in [6.45, 7) is 2.96. The fourth-order valence-corrected chi connectivity index (χ4v) is 1.03. The number of nitrogen functional groups attached to an aromatic ring is 1. The number of alkyl halides is 1. The van der Waals surface area contributed by atoms with Crippen LogP contribution in [0, 0.1) is 0 Å². The topological polar surface area (TPSA) is 26.0 Å². The summed E-state index contributed by atoms with van der Waals surface area (Å²) in [4.78, 5) is 0. The van der Waals surface area contributed by atoms with Gasteiger partial charge in [-0.05, 0) is 31.5 Å². The number of hydrogen-bond donors (Lipinski definition) is 1. The minimum absolute atomic E-state index is 0.417. The summed E-state index contributed by atoms with van der Waals surface area (Å²) in [6, 6.07) is 4.80. The summed E-state index contributed by atoms with van der Waals surface area (Å²) in [7, 11) is 0. The molecule has 3 heteroatoms. The van der Waals surface area contributed by atoms with E-state index in [1.165, 1.54) is 13.8 Å². The lowest BCUT2D eigenvalue weighted by molar-refractivity contribution is 0.221. The molecule has 1 rings (SSSR count). The summed E-state index contributed by atoms with van der Waals surface area (Å²) >= 11 is 5.68. The molecule has 1 aromatic carbocycles. The molecule has 0 saturated carbocycles. The van der Waals surface area contributed by atoms with Gasteiger partial charge in [-0.15, -0.1) is 0 Å². The normalized spacial score (nSPS) is 11.7. The average molecular weight is 188 g/mol. The van der Waals surface area contributed by atoms with Crippen LogP contribution in [0.2, 0.25) is 5.02 Å². The SMILES string of the molecule is CC(C)(F)c1ccc(Cl)c(N)c1. The molecule has 0 unspecified atom stereocenters. The smallest absolute Gasteiger partial charge is 0.130 e. The zero-order valence-corrected chi connectivity index (χ0v) is 7.82. The van der Waals surface area contributed by atoms with Gasteiger partial charge >= 0.3 is 0 Å². The Bertz CT molecular complexity index is 291. The molecule has 0 amide bonds. The van der Waals surface area contributed by atoms with Gasteiger partial charge in [0.15, 0.2) is 0 Å². The fourth-order valence-electron chi connectivity index (χ4n) is 0.914. The molecule has 0 bridgehead atoms. The van der Waals surface area contributed by atoms with Gasteiger partial charge in [-0.3, -0.25) is 0 Å². The van der Waals surface area contributed by atoms with E-state index in [0.29, 0.717) is 16.3 Å². The number of benzene rings is 1. The van der Waals surface area contributed by atoms with E-state index in [4.69, 9.17) is 17.3 Å². The van der Waals surface area contributed by atoms with Crippen molar-refractivity contribution in [2.45, 2.75) is 19.5 Å². The number of halogens is 2. The minimum atomic E-state index is -1.36. The van der Waals surface area contributed by atoms with Crippen molar-refractivity contribution in [1.82, 2.24) is 0 Å². The maximum absolute atomic E-state index is 13.3. The van der Waals surface area contributed by atoms with E-state index in [2.05, 4.69) is 0 Å². The van der Waals surface area contributed by atoms with E-state index in [-0.39, 0.29) is 0 Å². The average Bonchev–Trinajstić information content (AvgIpc) is 1.92. The first-order chi connectivity index (χ1) is 5.41. The van der Waals surface area contributed by atoms with Gasteiger partial charge in [-0.2, -0.15) is 0 Å². The van der Waals surface area contributed by atoms with Crippen molar-refractivity contribution in [2.75, 3.05) is 5.73 Å². The second-order valence-corrected chi connectivity index (χ2v) is 3.62. The van der Waals surface area contributed by atoms with Crippen LogP contribution in [0.25, 0.3) is 0 Å². The van der Waals surface area contributed by atoms with Gasteiger partial charge in [0.05, 0.1) is 10.7 Å². The first-order valence-electron chi connectivity index (χ1n) is 3.65. The van der Waals surface area contributed by atoms with Crippen molar-refractivity contribution >= 4 is 17.3 Å². The Hall–Kier alpha value is -0.760. The van der Waals surface area contributed by atoms with Gasteiger partial charge in [0.1, 0.15) is 5.67 Å². The van der Waals surface area contributed by atoms with Crippen LogP contribution < -0.4 is 5.73 Å². The van der Waals surface area contributed by atoms with E-state index < -0.39 is 5.67 Å². The van der Waals surface area contributed by atoms with Crippen molar-refractivity contribution in [3.8, 4) is 0 Å². The molecule has 0 aliphatic rings. The molecule has 12 heavy (non-hydrogen) atoms. The maximum atomic E-state index is 13.3. The predicted molar refractivity (Wildman–Crippen MR) is 50.0 cm³/mol. The van der Waals surface area contributed by atoms with Gasteiger partial charge in [0.25, 0.3) is 0 Å². The predicted octanol–water partition coefficient (Wildman–Crippen LogP) is 3.13. The minimum Gasteiger partial charge on any atom is -0.398 e. The fraction of sp³-hybridized carbons (Fsp3) is 0.333. The quantitative estimate of drug-likeness (QED) is 0.672. The summed E-state index contributed by atoms with van der Waals surface area (Å²) in [6.07, 6.45) is 0. The highest BCUT2D eigenvalue weighted by molar-refractivity contribution is 6.33. The van der Waals surface area contributed by atoms with Gasteiger partial charge in [-0.1, -0.05) is 17.7 Å². The number of anilines is 1. The lowest BCUT2D eigenvalue weighted by Gasteiger charge is -2.15. The summed E-state index contributed by atoms with van der Waals surface area (Å²) in [5.41, 5.74) is 5.12.